The molecule has 1 saturated carbocycles. The van der Waals surface area contributed by atoms with E-state index >= 15 is 0 Å². The maximum Gasteiger partial charge on any atom is 0.408 e. The number of amides is 1. The molecule has 3 aromatic rings. The second-order valence-electron chi connectivity index (χ2n) is 10.6. The number of nitrogens with two attached hydrogens (primary N) is 1. The van der Waals surface area contributed by atoms with Crippen molar-refractivity contribution >= 4 is 33.4 Å². The average Bonchev–Trinajstić information content (AvgIpc) is 2.83. The van der Waals surface area contributed by atoms with Crippen molar-refractivity contribution in [3.63, 3.8) is 0 Å². The zero-order valence-electron chi connectivity index (χ0n) is 22.3. The minimum atomic E-state index is -2.94. The minimum Gasteiger partial charge on any atom is -0.444 e. The minimum absolute atomic E-state index is 0.0820. The molecule has 0 spiro atoms. The van der Waals surface area contributed by atoms with Crippen LogP contribution in [0.2, 0.25) is 0 Å². The number of aryl methyl sites for hydroxylation is 1. The number of nitrogens with one attached hydrogen (secondary N) is 2. The Bertz CT molecular complexity index is 1340. The van der Waals surface area contributed by atoms with E-state index in [1.54, 1.807) is 24.5 Å². The summed E-state index contributed by atoms with van der Waals surface area (Å²) in [5.41, 5.74) is 9.08. The van der Waals surface area contributed by atoms with E-state index in [0.717, 1.165) is 36.0 Å². The van der Waals surface area contributed by atoms with Crippen molar-refractivity contribution in [2.75, 3.05) is 11.1 Å². The number of carbonyl (C=O) groups is 1. The standard InChI is InChI=1S/C28H32BrF2N5O3/c1-16-6-9-22(38-25(30)31)19(23(16)29)15-33-21-12-17(7-8-20(21)32)18-13-34-24(35-14-18)28(10-5-11-28)36-26(37)39-27(2,3)4/h6-9,12-14,25,33H,5,10-11,15,32H2,1-4H3,(H,36,37). The van der Waals surface area contributed by atoms with Crippen molar-refractivity contribution in [3.05, 3.63) is 64.1 Å². The number of alkyl halides is 2. The lowest BCUT2D eigenvalue weighted by Gasteiger charge is -2.41. The molecule has 0 bridgehead atoms. The number of aromatic nitrogens is 2. The van der Waals surface area contributed by atoms with Gasteiger partial charge in [0.1, 0.15) is 16.9 Å². The number of rotatable bonds is 8. The summed E-state index contributed by atoms with van der Waals surface area (Å²) in [5, 5.41) is 6.19. The molecule has 0 unspecified atom stereocenters. The highest BCUT2D eigenvalue weighted by Gasteiger charge is 2.43. The number of hydrogen-bond acceptors (Lipinski definition) is 7. The van der Waals surface area contributed by atoms with Crippen LogP contribution in [0.4, 0.5) is 25.0 Å². The Kier molecular flexibility index (Phi) is 8.29. The van der Waals surface area contributed by atoms with Gasteiger partial charge in [0.15, 0.2) is 5.82 Å². The van der Waals surface area contributed by atoms with E-state index in [1.807, 2.05) is 39.8 Å². The molecule has 1 amide bonds. The molecule has 39 heavy (non-hydrogen) atoms. The Morgan fingerprint density at radius 3 is 2.44 bits per heavy atom. The molecule has 0 saturated heterocycles. The number of alkyl carbamates (subject to hydrolysis) is 1. The van der Waals surface area contributed by atoms with Crippen LogP contribution in [0.25, 0.3) is 11.1 Å². The molecule has 1 fully saturated rings. The first-order valence-corrected chi connectivity index (χ1v) is 13.4. The highest BCUT2D eigenvalue weighted by molar-refractivity contribution is 9.10. The lowest BCUT2D eigenvalue weighted by atomic mass is 9.76. The fourth-order valence-electron chi connectivity index (χ4n) is 4.32. The van der Waals surface area contributed by atoms with Crippen molar-refractivity contribution in [1.29, 1.82) is 0 Å². The molecule has 4 N–H and O–H groups in total. The Labute approximate surface area is 234 Å². The summed E-state index contributed by atoms with van der Waals surface area (Å²) < 4.78 is 36.7. The molecule has 8 nitrogen and oxygen atoms in total. The Morgan fingerprint density at radius 1 is 1.15 bits per heavy atom. The van der Waals surface area contributed by atoms with Gasteiger partial charge < -0.3 is 25.8 Å². The topological polar surface area (TPSA) is 111 Å². The molecule has 0 atom stereocenters. The molecule has 0 aliphatic heterocycles. The molecule has 2 aromatic carbocycles. The van der Waals surface area contributed by atoms with E-state index in [-0.39, 0.29) is 12.3 Å². The van der Waals surface area contributed by atoms with Gasteiger partial charge in [-0.05, 0) is 76.3 Å². The van der Waals surface area contributed by atoms with Crippen molar-refractivity contribution in [2.24, 2.45) is 0 Å². The van der Waals surface area contributed by atoms with Crippen molar-refractivity contribution in [2.45, 2.75) is 71.3 Å². The molecule has 1 aliphatic carbocycles. The SMILES string of the molecule is Cc1ccc(OC(F)F)c(CNc2cc(-c3cnc(C4(NC(=O)OC(C)(C)C)CCC4)nc3)ccc2N)c1Br. The Morgan fingerprint density at radius 2 is 1.85 bits per heavy atom. The van der Waals surface area contributed by atoms with Crippen LogP contribution in [-0.2, 0) is 16.8 Å². The number of benzene rings is 2. The van der Waals surface area contributed by atoms with Gasteiger partial charge in [-0.1, -0.05) is 28.1 Å². The Hall–Kier alpha value is -3.47. The molecular formula is C28H32BrF2N5O3. The van der Waals surface area contributed by atoms with Crippen molar-refractivity contribution < 1.29 is 23.0 Å². The van der Waals surface area contributed by atoms with Crippen LogP contribution < -0.4 is 21.1 Å². The van der Waals surface area contributed by atoms with Gasteiger partial charge in [-0.2, -0.15) is 8.78 Å². The lowest BCUT2D eigenvalue weighted by molar-refractivity contribution is -0.0504. The van der Waals surface area contributed by atoms with E-state index < -0.39 is 23.8 Å². The van der Waals surface area contributed by atoms with E-state index in [9.17, 15) is 13.6 Å². The first-order chi connectivity index (χ1) is 18.4. The maximum atomic E-state index is 12.9. The number of ether oxygens (including phenoxy) is 2. The van der Waals surface area contributed by atoms with Crippen molar-refractivity contribution in [3.8, 4) is 16.9 Å². The third-order valence-corrected chi connectivity index (χ3v) is 7.58. The zero-order valence-corrected chi connectivity index (χ0v) is 23.9. The van der Waals surface area contributed by atoms with Crippen LogP contribution in [0.15, 0.2) is 47.2 Å². The number of nitrogen functional groups attached to an aromatic ring is 1. The normalized spacial score (nSPS) is 14.5. The van der Waals surface area contributed by atoms with Crippen LogP contribution in [0.5, 0.6) is 5.75 Å². The van der Waals surface area contributed by atoms with Gasteiger partial charge in [0.25, 0.3) is 0 Å². The first-order valence-electron chi connectivity index (χ1n) is 12.6. The monoisotopic (exact) mass is 603 g/mol. The fourth-order valence-corrected chi connectivity index (χ4v) is 4.79. The molecule has 4 rings (SSSR count). The van der Waals surface area contributed by atoms with Crippen molar-refractivity contribution in [1.82, 2.24) is 15.3 Å². The van der Waals surface area contributed by atoms with Gasteiger partial charge in [0, 0.05) is 34.5 Å². The van der Waals surface area contributed by atoms with Gasteiger partial charge in [0.05, 0.1) is 11.4 Å². The average molecular weight is 604 g/mol. The van der Waals surface area contributed by atoms with E-state index in [2.05, 4.69) is 36.5 Å². The highest BCUT2D eigenvalue weighted by atomic mass is 79.9. The third-order valence-electron chi connectivity index (χ3n) is 6.48. The molecule has 208 valence electrons. The summed E-state index contributed by atoms with van der Waals surface area (Å²) >= 11 is 3.48. The smallest absolute Gasteiger partial charge is 0.408 e. The van der Waals surface area contributed by atoms with Gasteiger partial charge in [0.2, 0.25) is 0 Å². The summed E-state index contributed by atoms with van der Waals surface area (Å²) in [5.74, 6) is 0.617. The van der Waals surface area contributed by atoms with Gasteiger partial charge in [-0.25, -0.2) is 14.8 Å². The van der Waals surface area contributed by atoms with E-state index in [0.29, 0.717) is 27.2 Å². The quantitative estimate of drug-likeness (QED) is 0.240. The van der Waals surface area contributed by atoms with Gasteiger partial charge in [-0.3, -0.25) is 0 Å². The van der Waals surface area contributed by atoms with E-state index in [4.69, 9.17) is 15.2 Å². The van der Waals surface area contributed by atoms with Gasteiger partial charge in [-0.15, -0.1) is 0 Å². The molecule has 1 heterocycles. The Balaban J connectivity index is 1.52. The number of carbonyl (C=O) groups excluding carboxylic acids is 1. The first kappa shape index (κ1) is 28.5. The predicted molar refractivity (Wildman–Crippen MR) is 150 cm³/mol. The lowest BCUT2D eigenvalue weighted by Crippen LogP contribution is -2.53. The largest absolute Gasteiger partial charge is 0.444 e. The molecule has 11 heteroatoms. The summed E-state index contributed by atoms with van der Waals surface area (Å²) in [6, 6.07) is 8.69. The zero-order chi connectivity index (χ0) is 28.4. The third kappa shape index (κ3) is 6.76. The second-order valence-corrected chi connectivity index (χ2v) is 11.4. The summed E-state index contributed by atoms with van der Waals surface area (Å²) in [6.45, 7) is 4.58. The maximum absolute atomic E-state index is 12.9. The molecular weight excluding hydrogens is 572 g/mol. The fraction of sp³-hybridized carbons (Fsp3) is 0.393. The van der Waals surface area contributed by atoms with E-state index in [1.165, 1.54) is 6.07 Å². The van der Waals surface area contributed by atoms with Crippen LogP contribution in [0.1, 0.15) is 57.0 Å². The van der Waals surface area contributed by atoms with Crippen LogP contribution >= 0.6 is 15.9 Å². The molecule has 0 radical (unpaired) electrons. The van der Waals surface area contributed by atoms with Crippen LogP contribution in [0, 0.1) is 6.92 Å². The van der Waals surface area contributed by atoms with Crippen LogP contribution in [0.3, 0.4) is 0 Å². The molecule has 1 aromatic heterocycles. The summed E-state index contributed by atoms with van der Waals surface area (Å²) in [6.07, 6.45) is 5.34. The molecule has 1 aliphatic rings. The van der Waals surface area contributed by atoms with Gasteiger partial charge >= 0.3 is 12.7 Å². The van der Waals surface area contributed by atoms with Crippen LogP contribution in [-0.4, -0.2) is 28.3 Å². The number of anilines is 2. The predicted octanol–water partition coefficient (Wildman–Crippen LogP) is 6.91. The number of nitrogens with zero attached hydrogens (tertiary/aromatic N) is 2. The summed E-state index contributed by atoms with van der Waals surface area (Å²) in [4.78, 5) is 21.6. The second kappa shape index (κ2) is 11.3. The number of halogens is 3. The summed E-state index contributed by atoms with van der Waals surface area (Å²) in [7, 11) is 0. The number of hydrogen-bond donors (Lipinski definition) is 3. The highest BCUT2D eigenvalue weighted by Crippen LogP contribution is 2.40.